The van der Waals surface area contributed by atoms with Crippen molar-refractivity contribution in [3.05, 3.63) is 88.0 Å². The number of aryl methyl sites for hydroxylation is 1. The number of benzene rings is 3. The first-order valence-corrected chi connectivity index (χ1v) is 12.1. The molecule has 0 aromatic heterocycles. The van der Waals surface area contributed by atoms with Crippen LogP contribution in [0.3, 0.4) is 0 Å². The number of hydrogen-bond donors (Lipinski definition) is 3. The zero-order chi connectivity index (χ0) is 25.1. The van der Waals surface area contributed by atoms with E-state index in [2.05, 4.69) is 48.3 Å². The summed E-state index contributed by atoms with van der Waals surface area (Å²) >= 11 is 0. The first kappa shape index (κ1) is 24.6. The van der Waals surface area contributed by atoms with Gasteiger partial charge in [-0.2, -0.15) is 0 Å². The molecule has 6 heteroatoms. The lowest BCUT2D eigenvalue weighted by Gasteiger charge is -2.25. The maximum absolute atomic E-state index is 11.9. The van der Waals surface area contributed by atoms with E-state index < -0.39 is 5.97 Å². The lowest BCUT2D eigenvalue weighted by atomic mass is 9.84. The second kappa shape index (κ2) is 10.4. The smallest absolute Gasteiger partial charge is 0.304 e. The number of hydrogen-bond acceptors (Lipinski definition) is 5. The normalized spacial score (nSPS) is 16.6. The molecule has 1 heterocycles. The molecule has 1 aliphatic heterocycles. The Kier molecular flexibility index (Phi) is 7.31. The van der Waals surface area contributed by atoms with Crippen molar-refractivity contribution in [2.45, 2.75) is 52.3 Å². The number of ether oxygens (including phenoxy) is 1. The van der Waals surface area contributed by atoms with E-state index in [9.17, 15) is 9.90 Å². The molecule has 2 atom stereocenters. The first-order chi connectivity index (χ1) is 16.8. The first-order valence-electron chi connectivity index (χ1n) is 12.1. The van der Waals surface area contributed by atoms with E-state index in [0.29, 0.717) is 5.69 Å². The highest BCUT2D eigenvalue weighted by Gasteiger charge is 2.24. The number of nitrogens with two attached hydrogens (primary N) is 1. The molecular formula is C29H35N3O3. The Hall–Kier alpha value is -3.51. The molecule has 3 aromatic carbocycles. The minimum Gasteiger partial charge on any atom is -0.489 e. The minimum absolute atomic E-state index is 0.00362. The number of nitrogen functional groups attached to an aromatic ring is 1. The fraction of sp³-hybridized carbons (Fsp3) is 0.345. The molecule has 0 bridgehead atoms. The maximum Gasteiger partial charge on any atom is 0.304 e. The summed E-state index contributed by atoms with van der Waals surface area (Å²) in [6, 6.07) is 18.5. The predicted octanol–water partition coefficient (Wildman–Crippen LogP) is 5.32. The molecule has 0 spiro atoms. The second-order valence-corrected chi connectivity index (χ2v) is 9.53. The molecule has 35 heavy (non-hydrogen) atoms. The molecule has 3 aromatic rings. The van der Waals surface area contributed by atoms with Gasteiger partial charge in [-0.05, 0) is 60.7 Å². The fourth-order valence-corrected chi connectivity index (χ4v) is 5.04. The lowest BCUT2D eigenvalue weighted by molar-refractivity contribution is -0.137. The highest BCUT2D eigenvalue weighted by molar-refractivity contribution is 5.74. The number of carboxylic acids is 1. The topological polar surface area (TPSA) is 87.8 Å². The number of carboxylic acid groups (broad SMARTS) is 1. The molecule has 0 amide bonds. The monoisotopic (exact) mass is 473 g/mol. The van der Waals surface area contributed by atoms with Crippen LogP contribution in [-0.4, -0.2) is 35.7 Å². The number of nitrogens with zero attached hydrogens (tertiary/aromatic N) is 1. The molecule has 1 unspecified atom stereocenters. The number of aliphatic carboxylic acids is 1. The third kappa shape index (κ3) is 5.43. The number of carbonyl (C=O) groups is 1. The van der Waals surface area contributed by atoms with Crippen LogP contribution in [0.4, 0.5) is 11.4 Å². The Morgan fingerprint density at radius 3 is 2.71 bits per heavy atom. The van der Waals surface area contributed by atoms with Gasteiger partial charge in [0.25, 0.3) is 0 Å². The zero-order valence-electron chi connectivity index (χ0n) is 21.0. The third-order valence-corrected chi connectivity index (χ3v) is 6.96. The fourth-order valence-electron chi connectivity index (χ4n) is 5.04. The van der Waals surface area contributed by atoms with Crippen molar-refractivity contribution in [3.63, 3.8) is 0 Å². The van der Waals surface area contributed by atoms with Crippen LogP contribution in [0.5, 0.6) is 5.75 Å². The average molecular weight is 474 g/mol. The zero-order valence-corrected chi connectivity index (χ0v) is 21.0. The molecule has 0 saturated heterocycles. The molecule has 0 saturated carbocycles. The van der Waals surface area contributed by atoms with Crippen LogP contribution in [-0.2, 0) is 17.9 Å². The second-order valence-electron chi connectivity index (χ2n) is 9.53. The van der Waals surface area contributed by atoms with Crippen molar-refractivity contribution in [1.29, 1.82) is 0 Å². The van der Waals surface area contributed by atoms with Crippen LogP contribution in [0.2, 0.25) is 0 Å². The Morgan fingerprint density at radius 2 is 1.97 bits per heavy atom. The number of fused-ring (bicyclic) bond motifs is 1. The Labute approximate surface area is 207 Å². The van der Waals surface area contributed by atoms with E-state index in [0.717, 1.165) is 47.8 Å². The highest BCUT2D eigenvalue weighted by atomic mass is 16.5. The van der Waals surface area contributed by atoms with Gasteiger partial charge >= 0.3 is 5.97 Å². The molecular weight excluding hydrogens is 438 g/mol. The quantitative estimate of drug-likeness (QED) is 0.403. The van der Waals surface area contributed by atoms with Crippen LogP contribution >= 0.6 is 0 Å². The summed E-state index contributed by atoms with van der Waals surface area (Å²) < 4.78 is 6.14. The summed E-state index contributed by atoms with van der Waals surface area (Å²) in [4.78, 5) is 14.3. The Bertz CT molecular complexity index is 1220. The van der Waals surface area contributed by atoms with E-state index >= 15 is 0 Å². The number of anilines is 2. The standard InChI is InChI=1S/C29H35N3O3/c1-18-9-10-21(25(14-28(33)34)24-11-12-26(31-4)29(30)20(24)3)13-23(18)17-32-15-19(2)35-27-8-6-5-7-22(27)16-32/h5-13,19,25,31H,14-17,30H2,1-4H3,(H,33,34)/t19-,25?/m1/s1. The van der Waals surface area contributed by atoms with Gasteiger partial charge in [-0.3, -0.25) is 9.69 Å². The minimum atomic E-state index is -0.831. The SMILES string of the molecule is CNc1ccc(C(CC(=O)O)c2ccc(C)c(CN3Cc4ccccc4O[C@H](C)C3)c2)c(C)c1N. The van der Waals surface area contributed by atoms with Crippen molar-refractivity contribution in [1.82, 2.24) is 4.90 Å². The van der Waals surface area contributed by atoms with Gasteiger partial charge in [0.05, 0.1) is 17.8 Å². The molecule has 0 aliphatic carbocycles. The van der Waals surface area contributed by atoms with Crippen LogP contribution < -0.4 is 15.8 Å². The summed E-state index contributed by atoms with van der Waals surface area (Å²) in [5, 5.41) is 12.8. The number of rotatable bonds is 7. The van der Waals surface area contributed by atoms with Crippen molar-refractivity contribution in [2.75, 3.05) is 24.6 Å². The predicted molar refractivity (Wildman–Crippen MR) is 141 cm³/mol. The highest BCUT2D eigenvalue weighted by Crippen LogP contribution is 2.36. The summed E-state index contributed by atoms with van der Waals surface area (Å²) in [7, 11) is 1.83. The van der Waals surface area contributed by atoms with Crippen molar-refractivity contribution < 1.29 is 14.6 Å². The van der Waals surface area contributed by atoms with Gasteiger partial charge in [-0.25, -0.2) is 0 Å². The average Bonchev–Trinajstić information content (AvgIpc) is 2.98. The number of para-hydroxylation sites is 1. The summed E-state index contributed by atoms with van der Waals surface area (Å²) in [6.07, 6.45) is 0.0853. The summed E-state index contributed by atoms with van der Waals surface area (Å²) in [6.45, 7) is 8.57. The van der Waals surface area contributed by atoms with E-state index in [-0.39, 0.29) is 18.4 Å². The van der Waals surface area contributed by atoms with Gasteiger partial charge in [-0.15, -0.1) is 0 Å². The van der Waals surface area contributed by atoms with Gasteiger partial charge in [0, 0.05) is 38.2 Å². The third-order valence-electron chi connectivity index (χ3n) is 6.96. The molecule has 1 aliphatic rings. The lowest BCUT2D eigenvalue weighted by Crippen LogP contribution is -2.30. The van der Waals surface area contributed by atoms with E-state index in [1.54, 1.807) is 0 Å². The van der Waals surface area contributed by atoms with Crippen molar-refractivity contribution in [2.24, 2.45) is 0 Å². The summed E-state index contributed by atoms with van der Waals surface area (Å²) in [5.74, 6) is -0.164. The van der Waals surface area contributed by atoms with Gasteiger partial charge in [0.1, 0.15) is 11.9 Å². The summed E-state index contributed by atoms with van der Waals surface area (Å²) in [5.41, 5.74) is 14.3. The number of nitrogens with one attached hydrogen (secondary N) is 1. The van der Waals surface area contributed by atoms with Crippen molar-refractivity contribution in [3.8, 4) is 5.75 Å². The van der Waals surface area contributed by atoms with Gasteiger partial charge < -0.3 is 20.9 Å². The Balaban J connectivity index is 1.68. The Morgan fingerprint density at radius 1 is 1.20 bits per heavy atom. The van der Waals surface area contributed by atoms with Gasteiger partial charge in [-0.1, -0.05) is 42.5 Å². The van der Waals surface area contributed by atoms with Crippen molar-refractivity contribution >= 4 is 17.3 Å². The molecule has 184 valence electrons. The molecule has 0 fully saturated rings. The van der Waals surface area contributed by atoms with Crippen LogP contribution in [0.15, 0.2) is 54.6 Å². The van der Waals surface area contributed by atoms with Crippen LogP contribution in [0, 0.1) is 13.8 Å². The van der Waals surface area contributed by atoms with E-state index in [4.69, 9.17) is 10.5 Å². The van der Waals surface area contributed by atoms with E-state index in [1.807, 2.05) is 44.3 Å². The van der Waals surface area contributed by atoms with Crippen LogP contribution in [0.25, 0.3) is 0 Å². The van der Waals surface area contributed by atoms with Gasteiger partial charge in [0.2, 0.25) is 0 Å². The van der Waals surface area contributed by atoms with E-state index in [1.165, 1.54) is 16.7 Å². The molecule has 4 N–H and O–H groups in total. The van der Waals surface area contributed by atoms with Crippen LogP contribution in [0.1, 0.15) is 52.6 Å². The molecule has 4 rings (SSSR count). The largest absolute Gasteiger partial charge is 0.489 e. The molecule has 6 nitrogen and oxygen atoms in total. The van der Waals surface area contributed by atoms with Gasteiger partial charge in [0.15, 0.2) is 0 Å². The maximum atomic E-state index is 11.9. The molecule has 0 radical (unpaired) electrons.